The lowest BCUT2D eigenvalue weighted by molar-refractivity contribution is 0.0876. The fourth-order valence-corrected chi connectivity index (χ4v) is 6.70. The molecule has 166 valence electrons. The molecule has 1 saturated heterocycles. The number of hydrogen-bond acceptors (Lipinski definition) is 7. The number of sulfonamides is 1. The smallest absolute Gasteiger partial charge is 0.269 e. The van der Waals surface area contributed by atoms with Gasteiger partial charge in [-0.2, -0.15) is 0 Å². The molecule has 0 bridgehead atoms. The van der Waals surface area contributed by atoms with E-state index in [1.165, 1.54) is 23.9 Å². The predicted molar refractivity (Wildman–Crippen MR) is 120 cm³/mol. The summed E-state index contributed by atoms with van der Waals surface area (Å²) in [6.45, 7) is 1.06. The number of carbonyl (C=O) groups is 1. The lowest BCUT2D eigenvalue weighted by Crippen LogP contribution is -2.32. The largest absolute Gasteiger partial charge is 0.376 e. The van der Waals surface area contributed by atoms with Gasteiger partial charge in [0.15, 0.2) is 5.16 Å². The van der Waals surface area contributed by atoms with Crippen LogP contribution < -0.4 is 5.56 Å². The Morgan fingerprint density at radius 3 is 2.66 bits per heavy atom. The molecule has 1 atom stereocenters. The van der Waals surface area contributed by atoms with Gasteiger partial charge in [0.1, 0.15) is 4.90 Å². The second kappa shape index (κ2) is 8.34. The highest BCUT2D eigenvalue weighted by Crippen LogP contribution is 2.30. The summed E-state index contributed by atoms with van der Waals surface area (Å²) in [6.07, 6.45) is 1.78. The van der Waals surface area contributed by atoms with Gasteiger partial charge in [-0.05, 0) is 37.1 Å². The first-order valence-electron chi connectivity index (χ1n) is 10.4. The highest BCUT2D eigenvalue weighted by Gasteiger charge is 2.40. The first-order valence-corrected chi connectivity index (χ1v) is 12.8. The first kappa shape index (κ1) is 21.2. The summed E-state index contributed by atoms with van der Waals surface area (Å²) in [5.74, 6) is -0.251. The summed E-state index contributed by atoms with van der Waals surface area (Å²) >= 11 is 1.27. The Morgan fingerprint density at radius 2 is 1.88 bits per heavy atom. The van der Waals surface area contributed by atoms with Gasteiger partial charge in [0.25, 0.3) is 21.5 Å². The minimum Gasteiger partial charge on any atom is -0.376 e. The number of nitrogens with zero attached hydrogens (tertiary/aromatic N) is 3. The van der Waals surface area contributed by atoms with Gasteiger partial charge in [0.2, 0.25) is 0 Å². The van der Waals surface area contributed by atoms with Crippen molar-refractivity contribution in [1.29, 1.82) is 0 Å². The molecule has 1 fully saturated rings. The molecular weight excluding hydrogens is 450 g/mol. The summed E-state index contributed by atoms with van der Waals surface area (Å²) in [7, 11) is -3.86. The molecule has 3 aromatic rings. The SMILES string of the molecule is O=C1c2ccccc2S(=O)(=O)N1CCSc1nc2ccccc2c(=O)n1CC1CCCO1. The van der Waals surface area contributed by atoms with E-state index in [2.05, 4.69) is 4.98 Å². The maximum Gasteiger partial charge on any atom is 0.269 e. The van der Waals surface area contributed by atoms with E-state index in [-0.39, 0.29) is 34.4 Å². The normalized spacial score (nSPS) is 19.6. The van der Waals surface area contributed by atoms with Gasteiger partial charge in [-0.15, -0.1) is 0 Å². The van der Waals surface area contributed by atoms with Crippen LogP contribution in [0.4, 0.5) is 0 Å². The molecule has 2 aromatic carbocycles. The zero-order chi connectivity index (χ0) is 22.3. The number of benzene rings is 2. The van der Waals surface area contributed by atoms with Crippen LogP contribution in [0.25, 0.3) is 10.9 Å². The third-order valence-corrected chi connectivity index (χ3v) is 8.47. The molecule has 10 heteroatoms. The average Bonchev–Trinajstić information content (AvgIpc) is 3.37. The Kier molecular flexibility index (Phi) is 5.52. The summed E-state index contributed by atoms with van der Waals surface area (Å²) in [5, 5.41) is 1.02. The molecule has 0 saturated carbocycles. The molecule has 32 heavy (non-hydrogen) atoms. The van der Waals surface area contributed by atoms with Gasteiger partial charge in [-0.25, -0.2) is 17.7 Å². The van der Waals surface area contributed by atoms with Crippen LogP contribution in [0.5, 0.6) is 0 Å². The lowest BCUT2D eigenvalue weighted by Gasteiger charge is -2.18. The molecule has 5 rings (SSSR count). The zero-order valence-corrected chi connectivity index (χ0v) is 18.8. The molecule has 2 aliphatic rings. The van der Waals surface area contributed by atoms with E-state index in [0.29, 0.717) is 29.2 Å². The van der Waals surface area contributed by atoms with Crippen molar-refractivity contribution in [2.45, 2.75) is 35.5 Å². The van der Waals surface area contributed by atoms with Crippen LogP contribution in [0.15, 0.2) is 63.4 Å². The van der Waals surface area contributed by atoms with Crippen molar-refractivity contribution >= 4 is 38.6 Å². The molecule has 1 aromatic heterocycles. The fourth-order valence-electron chi connectivity index (χ4n) is 4.08. The number of thioether (sulfide) groups is 1. The second-order valence-corrected chi connectivity index (χ2v) is 10.6. The number of hydrogen-bond donors (Lipinski definition) is 0. The fraction of sp³-hybridized carbons (Fsp3) is 0.318. The second-order valence-electron chi connectivity index (χ2n) is 7.69. The van der Waals surface area contributed by atoms with Crippen LogP contribution >= 0.6 is 11.8 Å². The van der Waals surface area contributed by atoms with E-state index in [9.17, 15) is 18.0 Å². The van der Waals surface area contributed by atoms with Crippen LogP contribution in [0.2, 0.25) is 0 Å². The number of ether oxygens (including phenoxy) is 1. The van der Waals surface area contributed by atoms with Gasteiger partial charge in [-0.3, -0.25) is 14.2 Å². The lowest BCUT2D eigenvalue weighted by atomic mass is 10.2. The van der Waals surface area contributed by atoms with E-state index in [4.69, 9.17) is 4.74 Å². The molecule has 0 aliphatic carbocycles. The Morgan fingerprint density at radius 1 is 1.09 bits per heavy atom. The van der Waals surface area contributed by atoms with Crippen molar-refractivity contribution in [2.24, 2.45) is 0 Å². The molecule has 1 unspecified atom stereocenters. The Hall–Kier alpha value is -2.69. The Labute approximate surface area is 189 Å². The Bertz CT molecular complexity index is 1360. The summed E-state index contributed by atoms with van der Waals surface area (Å²) in [4.78, 5) is 30.5. The van der Waals surface area contributed by atoms with Crippen LogP contribution in [0, 0.1) is 0 Å². The van der Waals surface area contributed by atoms with Crippen LogP contribution in [-0.4, -0.2) is 53.2 Å². The van der Waals surface area contributed by atoms with E-state index in [1.54, 1.807) is 34.9 Å². The van der Waals surface area contributed by atoms with E-state index < -0.39 is 15.9 Å². The van der Waals surface area contributed by atoms with Gasteiger partial charge in [-0.1, -0.05) is 36.0 Å². The van der Waals surface area contributed by atoms with E-state index >= 15 is 0 Å². The van der Waals surface area contributed by atoms with Crippen LogP contribution in [0.3, 0.4) is 0 Å². The maximum absolute atomic E-state index is 13.2. The highest BCUT2D eigenvalue weighted by atomic mass is 32.2. The number of fused-ring (bicyclic) bond motifs is 2. The zero-order valence-electron chi connectivity index (χ0n) is 17.1. The minimum absolute atomic E-state index is 0.0108. The van der Waals surface area contributed by atoms with Crippen molar-refractivity contribution < 1.29 is 17.9 Å². The topological polar surface area (TPSA) is 98.6 Å². The molecular formula is C22H21N3O5S2. The van der Waals surface area contributed by atoms with E-state index in [0.717, 1.165) is 17.1 Å². The van der Waals surface area contributed by atoms with Crippen molar-refractivity contribution in [1.82, 2.24) is 13.9 Å². The molecule has 0 radical (unpaired) electrons. The van der Waals surface area contributed by atoms with Crippen molar-refractivity contribution in [3.63, 3.8) is 0 Å². The average molecular weight is 472 g/mol. The summed E-state index contributed by atoms with van der Waals surface area (Å²) < 4.78 is 33.8. The number of aromatic nitrogens is 2. The molecule has 0 N–H and O–H groups in total. The van der Waals surface area contributed by atoms with Crippen molar-refractivity contribution in [2.75, 3.05) is 18.9 Å². The third kappa shape index (κ3) is 3.62. The molecule has 8 nitrogen and oxygen atoms in total. The van der Waals surface area contributed by atoms with Gasteiger partial charge >= 0.3 is 0 Å². The number of carbonyl (C=O) groups excluding carboxylic acids is 1. The van der Waals surface area contributed by atoms with Gasteiger partial charge in [0, 0.05) is 18.9 Å². The number of rotatable bonds is 6. The summed E-state index contributed by atoms with van der Waals surface area (Å²) in [5.41, 5.74) is 0.628. The van der Waals surface area contributed by atoms with Crippen molar-refractivity contribution in [3.05, 3.63) is 64.4 Å². The molecule has 0 spiro atoms. The number of para-hydroxylation sites is 1. The standard InChI is InChI=1S/C22H21N3O5S2/c26-20-16-7-1-3-9-18(16)23-22(24(20)14-15-6-5-12-30-15)31-13-11-25-21(27)17-8-2-4-10-19(17)32(25,28)29/h1-4,7-10,15H,5-6,11-14H2. The van der Waals surface area contributed by atoms with Crippen LogP contribution in [-0.2, 0) is 21.3 Å². The third-order valence-electron chi connectivity index (χ3n) is 5.67. The van der Waals surface area contributed by atoms with Gasteiger partial charge < -0.3 is 4.74 Å². The Balaban J connectivity index is 1.41. The predicted octanol–water partition coefficient (Wildman–Crippen LogP) is 2.51. The molecule has 1 amide bonds. The van der Waals surface area contributed by atoms with Crippen molar-refractivity contribution in [3.8, 4) is 0 Å². The quantitative estimate of drug-likeness (QED) is 0.402. The monoisotopic (exact) mass is 471 g/mol. The molecule has 3 heterocycles. The minimum atomic E-state index is -3.86. The summed E-state index contributed by atoms with van der Waals surface area (Å²) in [6, 6.07) is 13.4. The maximum atomic E-state index is 13.2. The highest BCUT2D eigenvalue weighted by molar-refractivity contribution is 7.99. The van der Waals surface area contributed by atoms with E-state index in [1.807, 2.05) is 6.07 Å². The first-order chi connectivity index (χ1) is 15.5. The van der Waals surface area contributed by atoms with Crippen LogP contribution in [0.1, 0.15) is 23.2 Å². The number of amides is 1. The molecule has 2 aliphatic heterocycles. The van der Waals surface area contributed by atoms with Gasteiger partial charge in [0.05, 0.1) is 29.1 Å².